The highest BCUT2D eigenvalue weighted by Crippen LogP contribution is 2.60. The predicted molar refractivity (Wildman–Crippen MR) is 82.9 cm³/mol. The molecule has 1 aromatic carbocycles. The molecule has 3 nitrogen and oxygen atoms in total. The SMILES string of the molecule is CC(C)[C@H](N)C(=O)NCC1C2Cc3ccccc3C12.Cl. The molecule has 3 rings (SSSR count). The molecule has 4 atom stereocenters. The van der Waals surface area contributed by atoms with Gasteiger partial charge in [0.2, 0.25) is 5.91 Å². The highest BCUT2D eigenvalue weighted by atomic mass is 35.5. The first kappa shape index (κ1) is 15.3. The van der Waals surface area contributed by atoms with Gasteiger partial charge >= 0.3 is 0 Å². The van der Waals surface area contributed by atoms with Crippen molar-refractivity contribution in [3.63, 3.8) is 0 Å². The Balaban J connectivity index is 0.00000147. The molecule has 0 aromatic heterocycles. The second-order valence-electron chi connectivity index (χ2n) is 6.27. The summed E-state index contributed by atoms with van der Waals surface area (Å²) in [6.07, 6.45) is 1.18. The lowest BCUT2D eigenvalue weighted by Crippen LogP contribution is -2.44. The first-order chi connectivity index (χ1) is 9.09. The molecule has 1 fully saturated rings. The average Bonchev–Trinajstić information content (AvgIpc) is 2.94. The smallest absolute Gasteiger partial charge is 0.237 e. The maximum absolute atomic E-state index is 11.8. The summed E-state index contributed by atoms with van der Waals surface area (Å²) >= 11 is 0. The number of carbonyl (C=O) groups is 1. The molecular formula is C16H23ClN2O. The van der Waals surface area contributed by atoms with E-state index in [0.29, 0.717) is 11.8 Å². The summed E-state index contributed by atoms with van der Waals surface area (Å²) in [4.78, 5) is 11.8. The number of nitrogens with two attached hydrogens (primary N) is 1. The minimum atomic E-state index is -0.383. The summed E-state index contributed by atoms with van der Waals surface area (Å²) in [6.45, 7) is 4.74. The Morgan fingerprint density at radius 1 is 1.40 bits per heavy atom. The monoisotopic (exact) mass is 294 g/mol. The molecule has 110 valence electrons. The van der Waals surface area contributed by atoms with Gasteiger partial charge in [0.25, 0.3) is 0 Å². The van der Waals surface area contributed by atoms with Crippen LogP contribution in [-0.2, 0) is 11.2 Å². The summed E-state index contributed by atoms with van der Waals surface area (Å²) in [6, 6.07) is 8.31. The predicted octanol–water partition coefficient (Wildman–Crippen LogP) is 2.09. The van der Waals surface area contributed by atoms with E-state index in [-0.39, 0.29) is 30.3 Å². The number of hydrogen-bond donors (Lipinski definition) is 2. The molecular weight excluding hydrogens is 272 g/mol. The van der Waals surface area contributed by atoms with Crippen LogP contribution in [0.15, 0.2) is 24.3 Å². The van der Waals surface area contributed by atoms with Crippen molar-refractivity contribution >= 4 is 18.3 Å². The van der Waals surface area contributed by atoms with Crippen LogP contribution in [0.25, 0.3) is 0 Å². The Hall–Kier alpha value is -1.06. The fourth-order valence-corrected chi connectivity index (χ4v) is 3.40. The first-order valence-electron chi connectivity index (χ1n) is 7.20. The Morgan fingerprint density at radius 3 is 2.80 bits per heavy atom. The Labute approximate surface area is 126 Å². The molecule has 0 saturated heterocycles. The van der Waals surface area contributed by atoms with Gasteiger partial charge in [0.05, 0.1) is 6.04 Å². The van der Waals surface area contributed by atoms with E-state index in [1.807, 2.05) is 13.8 Å². The molecule has 2 aliphatic carbocycles. The van der Waals surface area contributed by atoms with Crippen molar-refractivity contribution in [3.8, 4) is 0 Å². The van der Waals surface area contributed by atoms with Gasteiger partial charge in [0, 0.05) is 6.54 Å². The Kier molecular flexibility index (Phi) is 4.40. The molecule has 1 amide bonds. The lowest BCUT2D eigenvalue weighted by molar-refractivity contribution is -0.123. The van der Waals surface area contributed by atoms with Crippen LogP contribution in [0.1, 0.15) is 30.9 Å². The van der Waals surface area contributed by atoms with Crippen molar-refractivity contribution in [1.29, 1.82) is 0 Å². The van der Waals surface area contributed by atoms with Crippen molar-refractivity contribution in [2.75, 3.05) is 6.54 Å². The van der Waals surface area contributed by atoms with Crippen LogP contribution < -0.4 is 11.1 Å². The zero-order valence-electron chi connectivity index (χ0n) is 12.0. The van der Waals surface area contributed by atoms with Gasteiger partial charge < -0.3 is 11.1 Å². The summed E-state index contributed by atoms with van der Waals surface area (Å²) in [5.41, 5.74) is 8.85. The van der Waals surface area contributed by atoms with Gasteiger partial charge in [-0.15, -0.1) is 12.4 Å². The van der Waals surface area contributed by atoms with Crippen LogP contribution in [-0.4, -0.2) is 18.5 Å². The van der Waals surface area contributed by atoms with E-state index in [1.54, 1.807) is 0 Å². The Bertz CT molecular complexity index is 503. The normalized spacial score (nSPS) is 27.3. The number of fused-ring (bicyclic) bond motifs is 3. The number of halogens is 1. The molecule has 0 bridgehead atoms. The third-order valence-electron chi connectivity index (χ3n) is 4.73. The highest BCUT2D eigenvalue weighted by molar-refractivity contribution is 5.85. The third kappa shape index (κ3) is 2.57. The highest BCUT2D eigenvalue weighted by Gasteiger charge is 2.55. The van der Waals surface area contributed by atoms with E-state index in [2.05, 4.69) is 29.6 Å². The van der Waals surface area contributed by atoms with Crippen LogP contribution in [0.4, 0.5) is 0 Å². The van der Waals surface area contributed by atoms with Gasteiger partial charge in [-0.25, -0.2) is 0 Å². The Morgan fingerprint density at radius 2 is 2.10 bits per heavy atom. The van der Waals surface area contributed by atoms with Crippen LogP contribution in [0.5, 0.6) is 0 Å². The number of nitrogens with one attached hydrogen (secondary N) is 1. The van der Waals surface area contributed by atoms with Crippen molar-refractivity contribution in [3.05, 3.63) is 35.4 Å². The van der Waals surface area contributed by atoms with Crippen LogP contribution in [0.3, 0.4) is 0 Å². The fraction of sp³-hybridized carbons (Fsp3) is 0.562. The number of amides is 1. The lowest BCUT2D eigenvalue weighted by Gasteiger charge is -2.16. The maximum Gasteiger partial charge on any atom is 0.237 e. The van der Waals surface area contributed by atoms with E-state index >= 15 is 0 Å². The molecule has 4 heteroatoms. The number of hydrogen-bond acceptors (Lipinski definition) is 2. The van der Waals surface area contributed by atoms with Gasteiger partial charge in [-0.05, 0) is 41.2 Å². The van der Waals surface area contributed by atoms with E-state index in [4.69, 9.17) is 5.73 Å². The van der Waals surface area contributed by atoms with Crippen LogP contribution in [0, 0.1) is 17.8 Å². The molecule has 3 N–H and O–H groups in total. The van der Waals surface area contributed by atoms with Crippen molar-refractivity contribution in [1.82, 2.24) is 5.32 Å². The lowest BCUT2D eigenvalue weighted by atomic mass is 10.0. The second-order valence-corrected chi connectivity index (χ2v) is 6.27. The van der Waals surface area contributed by atoms with Gasteiger partial charge in [0.15, 0.2) is 0 Å². The van der Waals surface area contributed by atoms with Gasteiger partial charge in [-0.2, -0.15) is 0 Å². The van der Waals surface area contributed by atoms with Crippen LogP contribution in [0.2, 0.25) is 0 Å². The van der Waals surface area contributed by atoms with E-state index < -0.39 is 0 Å². The zero-order chi connectivity index (χ0) is 13.6. The standard InChI is InChI=1S/C16H22N2O.ClH/c1-9(2)15(17)16(19)18-8-13-12-7-10-5-3-4-6-11(10)14(12)13;/h3-6,9,12-15H,7-8,17H2,1-2H3,(H,18,19);1H/t12?,13?,14?,15-;/m0./s1. The zero-order valence-corrected chi connectivity index (χ0v) is 12.8. The minimum absolute atomic E-state index is 0. The van der Waals surface area contributed by atoms with Gasteiger partial charge in [0.1, 0.15) is 0 Å². The summed E-state index contributed by atoms with van der Waals surface area (Å²) < 4.78 is 0. The quantitative estimate of drug-likeness (QED) is 0.893. The van der Waals surface area contributed by atoms with Gasteiger partial charge in [-0.1, -0.05) is 38.1 Å². The first-order valence-corrected chi connectivity index (χ1v) is 7.20. The largest absolute Gasteiger partial charge is 0.354 e. The van der Waals surface area contributed by atoms with Crippen LogP contribution >= 0.6 is 12.4 Å². The molecule has 0 aliphatic heterocycles. The molecule has 0 spiro atoms. The third-order valence-corrected chi connectivity index (χ3v) is 4.73. The number of carbonyl (C=O) groups excluding carboxylic acids is 1. The molecule has 3 unspecified atom stereocenters. The van der Waals surface area contributed by atoms with Crippen molar-refractivity contribution < 1.29 is 4.79 Å². The molecule has 1 aromatic rings. The molecule has 1 saturated carbocycles. The topological polar surface area (TPSA) is 55.1 Å². The molecule has 0 heterocycles. The summed E-state index contributed by atoms with van der Waals surface area (Å²) in [5.74, 6) is 2.23. The van der Waals surface area contributed by atoms with E-state index in [9.17, 15) is 4.79 Å². The second kappa shape index (κ2) is 5.74. The van der Waals surface area contributed by atoms with Gasteiger partial charge in [-0.3, -0.25) is 4.79 Å². The molecule has 0 radical (unpaired) electrons. The average molecular weight is 295 g/mol. The van der Waals surface area contributed by atoms with Crippen molar-refractivity contribution in [2.24, 2.45) is 23.5 Å². The van der Waals surface area contributed by atoms with Crippen molar-refractivity contribution in [2.45, 2.75) is 32.2 Å². The van der Waals surface area contributed by atoms with E-state index in [0.717, 1.165) is 12.5 Å². The fourth-order valence-electron chi connectivity index (χ4n) is 3.40. The maximum atomic E-state index is 11.8. The number of benzene rings is 1. The molecule has 20 heavy (non-hydrogen) atoms. The van der Waals surface area contributed by atoms with E-state index in [1.165, 1.54) is 17.5 Å². The summed E-state index contributed by atoms with van der Waals surface area (Å²) in [7, 11) is 0. The summed E-state index contributed by atoms with van der Waals surface area (Å²) in [5, 5.41) is 3.02. The minimum Gasteiger partial charge on any atom is -0.354 e. The number of rotatable bonds is 4. The molecule has 2 aliphatic rings.